The molecule has 0 radical (unpaired) electrons. The Hall–Kier alpha value is -2.01. The van der Waals surface area contributed by atoms with Crippen molar-refractivity contribution in [1.29, 1.82) is 0 Å². The molecule has 1 aromatic heterocycles. The van der Waals surface area contributed by atoms with E-state index in [9.17, 15) is 9.90 Å². The molecule has 1 heterocycles. The number of amides is 1. The normalized spacial score (nSPS) is 10.5. The van der Waals surface area contributed by atoms with Gasteiger partial charge in [0.15, 0.2) is 0 Å². The first kappa shape index (κ1) is 13.4. The van der Waals surface area contributed by atoms with Gasteiger partial charge >= 0.3 is 0 Å². The van der Waals surface area contributed by atoms with Gasteiger partial charge in [0, 0.05) is 26.5 Å². The van der Waals surface area contributed by atoms with Crippen molar-refractivity contribution in [3.63, 3.8) is 0 Å². The smallest absolute Gasteiger partial charge is 0.255 e. The molecular weight excluding hydrogens is 266 g/mol. The Kier molecular flexibility index (Phi) is 3.76. The molecule has 0 saturated heterocycles. The molecule has 0 aliphatic carbocycles. The standard InChI is InChI=1S/C13H14ClN3O2/c1-16-6-5-15-12(16)8-17(2)13(19)10-7-9(18)3-4-11(10)14/h3-7,18H,8H2,1-2H3. The van der Waals surface area contributed by atoms with Gasteiger partial charge in [-0.2, -0.15) is 0 Å². The van der Waals surface area contributed by atoms with E-state index in [4.69, 9.17) is 11.6 Å². The van der Waals surface area contributed by atoms with E-state index in [2.05, 4.69) is 4.98 Å². The number of aryl methyl sites for hydroxylation is 1. The maximum absolute atomic E-state index is 12.2. The van der Waals surface area contributed by atoms with E-state index in [1.807, 2.05) is 17.8 Å². The Morgan fingerprint density at radius 1 is 1.53 bits per heavy atom. The molecule has 100 valence electrons. The number of aromatic nitrogens is 2. The summed E-state index contributed by atoms with van der Waals surface area (Å²) < 4.78 is 1.84. The lowest BCUT2D eigenvalue weighted by atomic mass is 10.2. The summed E-state index contributed by atoms with van der Waals surface area (Å²) in [5.41, 5.74) is 0.276. The Labute approximate surface area is 116 Å². The third kappa shape index (κ3) is 2.88. The van der Waals surface area contributed by atoms with E-state index in [1.165, 1.54) is 23.1 Å². The van der Waals surface area contributed by atoms with Crippen molar-refractivity contribution in [3.8, 4) is 5.75 Å². The van der Waals surface area contributed by atoms with Crippen LogP contribution >= 0.6 is 11.6 Å². The second-order valence-corrected chi connectivity index (χ2v) is 4.69. The third-order valence-corrected chi connectivity index (χ3v) is 3.16. The maximum Gasteiger partial charge on any atom is 0.255 e. The number of phenols is 1. The van der Waals surface area contributed by atoms with Crippen molar-refractivity contribution in [2.24, 2.45) is 7.05 Å². The largest absolute Gasteiger partial charge is 0.508 e. The van der Waals surface area contributed by atoms with Crippen LogP contribution in [0.2, 0.25) is 5.02 Å². The molecule has 1 amide bonds. The molecule has 1 N–H and O–H groups in total. The van der Waals surface area contributed by atoms with Crippen LogP contribution in [0.5, 0.6) is 5.75 Å². The summed E-state index contributed by atoms with van der Waals surface area (Å²) in [7, 11) is 3.53. The Balaban J connectivity index is 2.19. The zero-order valence-electron chi connectivity index (χ0n) is 10.7. The van der Waals surface area contributed by atoms with E-state index in [1.54, 1.807) is 13.2 Å². The summed E-state index contributed by atoms with van der Waals surface area (Å²) in [5.74, 6) is 0.522. The fourth-order valence-electron chi connectivity index (χ4n) is 1.72. The summed E-state index contributed by atoms with van der Waals surface area (Å²) in [6, 6.07) is 4.30. The van der Waals surface area contributed by atoms with E-state index >= 15 is 0 Å². The monoisotopic (exact) mass is 279 g/mol. The predicted molar refractivity (Wildman–Crippen MR) is 72.1 cm³/mol. The first-order valence-electron chi connectivity index (χ1n) is 5.69. The molecule has 0 saturated carbocycles. The number of phenolic OH excluding ortho intramolecular Hbond substituents is 1. The van der Waals surface area contributed by atoms with Gasteiger partial charge in [-0.05, 0) is 18.2 Å². The number of hydrogen-bond donors (Lipinski definition) is 1. The van der Waals surface area contributed by atoms with Crippen molar-refractivity contribution in [1.82, 2.24) is 14.5 Å². The molecule has 0 bridgehead atoms. The van der Waals surface area contributed by atoms with Crippen LogP contribution < -0.4 is 0 Å². The number of benzene rings is 1. The summed E-state index contributed by atoms with van der Waals surface area (Å²) in [6.45, 7) is 0.369. The molecule has 5 nitrogen and oxygen atoms in total. The van der Waals surface area contributed by atoms with Crippen LogP contribution in [0.4, 0.5) is 0 Å². The Bertz CT molecular complexity index is 610. The molecule has 0 atom stereocenters. The number of aromatic hydroxyl groups is 1. The number of imidazole rings is 1. The van der Waals surface area contributed by atoms with Crippen LogP contribution in [0, 0.1) is 0 Å². The van der Waals surface area contributed by atoms with Gasteiger partial charge in [0.1, 0.15) is 11.6 Å². The quantitative estimate of drug-likeness (QED) is 0.935. The Morgan fingerprint density at radius 2 is 2.26 bits per heavy atom. The van der Waals surface area contributed by atoms with Crippen LogP contribution in [-0.4, -0.2) is 32.5 Å². The summed E-state index contributed by atoms with van der Waals surface area (Å²) in [4.78, 5) is 17.9. The highest BCUT2D eigenvalue weighted by atomic mass is 35.5. The van der Waals surface area contributed by atoms with Gasteiger partial charge in [-0.15, -0.1) is 0 Å². The number of rotatable bonds is 3. The maximum atomic E-state index is 12.2. The third-order valence-electron chi connectivity index (χ3n) is 2.83. The SMILES string of the molecule is CN(Cc1nccn1C)C(=O)c1cc(O)ccc1Cl. The minimum atomic E-state index is -0.260. The lowest BCUT2D eigenvalue weighted by Gasteiger charge is -2.17. The molecule has 0 unspecified atom stereocenters. The van der Waals surface area contributed by atoms with Gasteiger partial charge in [0.05, 0.1) is 17.1 Å². The van der Waals surface area contributed by atoms with Crippen molar-refractivity contribution in [2.45, 2.75) is 6.54 Å². The molecule has 2 aromatic rings. The molecule has 1 aromatic carbocycles. The molecule has 19 heavy (non-hydrogen) atoms. The van der Waals surface area contributed by atoms with Crippen LogP contribution in [0.25, 0.3) is 0 Å². The van der Waals surface area contributed by atoms with Crippen molar-refractivity contribution in [3.05, 3.63) is 47.0 Å². The zero-order chi connectivity index (χ0) is 14.0. The molecule has 0 fully saturated rings. The fraction of sp³-hybridized carbons (Fsp3) is 0.231. The van der Waals surface area contributed by atoms with Crippen LogP contribution in [0.1, 0.15) is 16.2 Å². The van der Waals surface area contributed by atoms with Crippen LogP contribution in [0.15, 0.2) is 30.6 Å². The van der Waals surface area contributed by atoms with Gasteiger partial charge in [0.25, 0.3) is 5.91 Å². The van der Waals surface area contributed by atoms with Gasteiger partial charge in [-0.3, -0.25) is 4.79 Å². The topological polar surface area (TPSA) is 58.4 Å². The lowest BCUT2D eigenvalue weighted by Crippen LogP contribution is -2.27. The van der Waals surface area contributed by atoms with E-state index in [-0.39, 0.29) is 17.2 Å². The van der Waals surface area contributed by atoms with E-state index < -0.39 is 0 Å². The zero-order valence-corrected chi connectivity index (χ0v) is 11.4. The molecule has 2 rings (SSSR count). The molecular formula is C13H14ClN3O2. The molecule has 0 spiro atoms. The summed E-state index contributed by atoms with van der Waals surface area (Å²) in [5, 5.41) is 9.74. The summed E-state index contributed by atoms with van der Waals surface area (Å²) >= 11 is 5.97. The summed E-state index contributed by atoms with van der Waals surface area (Å²) in [6.07, 6.45) is 3.49. The lowest BCUT2D eigenvalue weighted by molar-refractivity contribution is 0.0780. The molecule has 0 aliphatic rings. The van der Waals surface area contributed by atoms with Crippen molar-refractivity contribution in [2.75, 3.05) is 7.05 Å². The number of hydrogen-bond acceptors (Lipinski definition) is 3. The number of nitrogens with zero attached hydrogens (tertiary/aromatic N) is 3. The van der Waals surface area contributed by atoms with Crippen molar-refractivity contribution < 1.29 is 9.90 Å². The number of halogens is 1. The second-order valence-electron chi connectivity index (χ2n) is 4.28. The predicted octanol–water partition coefficient (Wildman–Crippen LogP) is 2.05. The average molecular weight is 280 g/mol. The highest BCUT2D eigenvalue weighted by Gasteiger charge is 2.17. The van der Waals surface area contributed by atoms with Crippen molar-refractivity contribution >= 4 is 17.5 Å². The van der Waals surface area contributed by atoms with Gasteiger partial charge in [-0.25, -0.2) is 4.98 Å². The van der Waals surface area contributed by atoms with Crippen LogP contribution in [-0.2, 0) is 13.6 Å². The first-order valence-corrected chi connectivity index (χ1v) is 6.07. The highest BCUT2D eigenvalue weighted by Crippen LogP contribution is 2.22. The van der Waals surface area contributed by atoms with Crippen LogP contribution in [0.3, 0.4) is 0 Å². The van der Waals surface area contributed by atoms with Gasteiger partial charge in [-0.1, -0.05) is 11.6 Å². The number of carbonyl (C=O) groups excluding carboxylic acids is 1. The molecule has 0 aliphatic heterocycles. The molecule has 6 heteroatoms. The average Bonchev–Trinajstić information content (AvgIpc) is 2.77. The first-order chi connectivity index (χ1) is 8.99. The highest BCUT2D eigenvalue weighted by molar-refractivity contribution is 6.33. The minimum absolute atomic E-state index is 0.0122. The minimum Gasteiger partial charge on any atom is -0.508 e. The van der Waals surface area contributed by atoms with E-state index in [0.717, 1.165) is 5.82 Å². The number of carbonyl (C=O) groups is 1. The van der Waals surface area contributed by atoms with Gasteiger partial charge < -0.3 is 14.6 Å². The second kappa shape index (κ2) is 5.32. The van der Waals surface area contributed by atoms with Gasteiger partial charge in [0.2, 0.25) is 0 Å². The van der Waals surface area contributed by atoms with E-state index in [0.29, 0.717) is 11.6 Å². The Morgan fingerprint density at radius 3 is 2.89 bits per heavy atom. The fourth-order valence-corrected chi connectivity index (χ4v) is 1.91.